The van der Waals surface area contributed by atoms with Gasteiger partial charge in [0.1, 0.15) is 0 Å². The summed E-state index contributed by atoms with van der Waals surface area (Å²) in [6, 6.07) is 1.98. The van der Waals surface area contributed by atoms with Gasteiger partial charge in [-0.25, -0.2) is 9.50 Å². The molecule has 5 nitrogen and oxygen atoms in total. The molecule has 0 aliphatic rings. The van der Waals surface area contributed by atoms with E-state index in [1.165, 1.54) is 0 Å². The van der Waals surface area contributed by atoms with E-state index in [-0.39, 0.29) is 5.91 Å². The number of aryl methyl sites for hydroxylation is 3. The van der Waals surface area contributed by atoms with Crippen LogP contribution in [0.1, 0.15) is 55.8 Å². The largest absolute Gasteiger partial charge is 0.343 e. The lowest BCUT2D eigenvalue weighted by Gasteiger charge is -2.21. The number of nitrogens with zero attached hydrogens (tertiary/aromatic N) is 4. The average molecular weight is 316 g/mol. The lowest BCUT2D eigenvalue weighted by molar-refractivity contribution is -0.131. The lowest BCUT2D eigenvalue weighted by Crippen LogP contribution is -2.32. The molecule has 0 aliphatic heterocycles. The van der Waals surface area contributed by atoms with E-state index < -0.39 is 0 Å². The van der Waals surface area contributed by atoms with Gasteiger partial charge in [0.2, 0.25) is 5.91 Å². The van der Waals surface area contributed by atoms with E-state index in [1.807, 2.05) is 36.3 Å². The van der Waals surface area contributed by atoms with Gasteiger partial charge in [0.15, 0.2) is 5.65 Å². The van der Waals surface area contributed by atoms with Crippen molar-refractivity contribution in [2.75, 3.05) is 13.1 Å². The highest BCUT2D eigenvalue weighted by Gasteiger charge is 2.15. The molecule has 2 aromatic rings. The maximum Gasteiger partial charge on any atom is 0.222 e. The van der Waals surface area contributed by atoms with Crippen molar-refractivity contribution < 1.29 is 4.79 Å². The van der Waals surface area contributed by atoms with E-state index in [4.69, 9.17) is 0 Å². The number of amides is 1. The fourth-order valence-electron chi connectivity index (χ4n) is 3.00. The summed E-state index contributed by atoms with van der Waals surface area (Å²) in [5.74, 6) is 0.233. The summed E-state index contributed by atoms with van der Waals surface area (Å²) in [6.07, 6.45) is 3.44. The molecule has 0 bridgehead atoms. The Labute approximate surface area is 138 Å². The van der Waals surface area contributed by atoms with Gasteiger partial charge in [0, 0.05) is 37.0 Å². The van der Waals surface area contributed by atoms with Crippen LogP contribution >= 0.6 is 0 Å². The summed E-state index contributed by atoms with van der Waals surface area (Å²) >= 11 is 0. The summed E-state index contributed by atoms with van der Waals surface area (Å²) in [5.41, 5.74) is 5.07. The zero-order valence-electron chi connectivity index (χ0n) is 15.0. The third-order valence-corrected chi connectivity index (χ3v) is 4.39. The summed E-state index contributed by atoms with van der Waals surface area (Å²) in [7, 11) is 0. The predicted molar refractivity (Wildman–Crippen MR) is 92.7 cm³/mol. The van der Waals surface area contributed by atoms with Crippen LogP contribution in [0.5, 0.6) is 0 Å². The molecule has 0 radical (unpaired) electrons. The first kappa shape index (κ1) is 17.4. The summed E-state index contributed by atoms with van der Waals surface area (Å²) in [4.78, 5) is 19.0. The molecule has 1 amide bonds. The van der Waals surface area contributed by atoms with Crippen LogP contribution in [0.15, 0.2) is 6.07 Å². The standard InChI is InChI=1S/C18H28N4O/c1-6-8-11-21(7-2)18(23)10-9-16-14(4)19-17-12-13(3)20-22(17)15(16)5/h12H,6-11H2,1-5H3. The second-order valence-corrected chi connectivity index (χ2v) is 6.14. The molecule has 2 aromatic heterocycles. The lowest BCUT2D eigenvalue weighted by atomic mass is 10.1. The number of hydrogen-bond acceptors (Lipinski definition) is 3. The molecule has 0 unspecified atom stereocenters. The molecule has 2 heterocycles. The van der Waals surface area contributed by atoms with Crippen LogP contribution < -0.4 is 0 Å². The Hall–Kier alpha value is -1.91. The fourth-order valence-corrected chi connectivity index (χ4v) is 3.00. The maximum absolute atomic E-state index is 12.4. The highest BCUT2D eigenvalue weighted by atomic mass is 16.2. The molecule has 0 saturated heterocycles. The van der Waals surface area contributed by atoms with Crippen LogP contribution in [-0.4, -0.2) is 38.5 Å². The number of fused-ring (bicyclic) bond motifs is 1. The average Bonchev–Trinajstić information content (AvgIpc) is 2.88. The number of unbranched alkanes of at least 4 members (excludes halogenated alkanes) is 1. The quantitative estimate of drug-likeness (QED) is 0.788. The van der Waals surface area contributed by atoms with Crippen LogP contribution in [0.2, 0.25) is 0 Å². The van der Waals surface area contributed by atoms with Crippen molar-refractivity contribution in [3.05, 3.63) is 28.7 Å². The van der Waals surface area contributed by atoms with Crippen molar-refractivity contribution in [1.29, 1.82) is 0 Å². The Kier molecular flexibility index (Phi) is 5.74. The van der Waals surface area contributed by atoms with Crippen molar-refractivity contribution in [2.24, 2.45) is 0 Å². The topological polar surface area (TPSA) is 50.5 Å². The molecule has 5 heteroatoms. The molecular formula is C18H28N4O. The second kappa shape index (κ2) is 7.57. The first-order valence-corrected chi connectivity index (χ1v) is 8.58. The Bertz CT molecular complexity index is 690. The third kappa shape index (κ3) is 3.89. The van der Waals surface area contributed by atoms with E-state index >= 15 is 0 Å². The van der Waals surface area contributed by atoms with Crippen molar-refractivity contribution in [1.82, 2.24) is 19.5 Å². The fraction of sp³-hybridized carbons (Fsp3) is 0.611. The molecule has 23 heavy (non-hydrogen) atoms. The van der Waals surface area contributed by atoms with Gasteiger partial charge in [-0.3, -0.25) is 4.79 Å². The first-order valence-electron chi connectivity index (χ1n) is 8.58. The monoisotopic (exact) mass is 316 g/mol. The van der Waals surface area contributed by atoms with Crippen molar-refractivity contribution in [2.45, 2.75) is 60.3 Å². The van der Waals surface area contributed by atoms with E-state index in [0.29, 0.717) is 6.42 Å². The molecule has 2 rings (SSSR count). The van der Waals surface area contributed by atoms with E-state index in [0.717, 1.165) is 60.6 Å². The molecule has 0 saturated carbocycles. The molecule has 0 aliphatic carbocycles. The van der Waals surface area contributed by atoms with Crippen molar-refractivity contribution >= 4 is 11.6 Å². The van der Waals surface area contributed by atoms with Gasteiger partial charge in [-0.2, -0.15) is 5.10 Å². The predicted octanol–water partition coefficient (Wildman–Crippen LogP) is 3.24. The van der Waals surface area contributed by atoms with Gasteiger partial charge in [0.05, 0.1) is 5.69 Å². The van der Waals surface area contributed by atoms with E-state index in [9.17, 15) is 4.79 Å². The third-order valence-electron chi connectivity index (χ3n) is 4.39. The van der Waals surface area contributed by atoms with Gasteiger partial charge in [-0.05, 0) is 46.1 Å². The van der Waals surface area contributed by atoms with Gasteiger partial charge in [0.25, 0.3) is 0 Å². The summed E-state index contributed by atoms with van der Waals surface area (Å²) < 4.78 is 1.89. The molecule has 0 atom stereocenters. The van der Waals surface area contributed by atoms with Crippen molar-refractivity contribution in [3.8, 4) is 0 Å². The van der Waals surface area contributed by atoms with Gasteiger partial charge in [-0.1, -0.05) is 13.3 Å². The smallest absolute Gasteiger partial charge is 0.222 e. The van der Waals surface area contributed by atoms with Crippen molar-refractivity contribution in [3.63, 3.8) is 0 Å². The second-order valence-electron chi connectivity index (χ2n) is 6.14. The molecular weight excluding hydrogens is 288 g/mol. The number of carbonyl (C=O) groups excluding carboxylic acids is 1. The molecule has 126 valence electrons. The van der Waals surface area contributed by atoms with Crippen LogP contribution in [0, 0.1) is 20.8 Å². The summed E-state index contributed by atoms with van der Waals surface area (Å²) in [5, 5.41) is 4.49. The normalized spacial score (nSPS) is 11.2. The first-order chi connectivity index (χ1) is 11.0. The number of carbonyl (C=O) groups is 1. The number of aromatic nitrogens is 3. The minimum Gasteiger partial charge on any atom is -0.343 e. The summed E-state index contributed by atoms with van der Waals surface area (Å²) in [6.45, 7) is 11.9. The molecule has 0 fully saturated rings. The minimum absolute atomic E-state index is 0.233. The molecule has 0 spiro atoms. The van der Waals surface area contributed by atoms with Crippen LogP contribution in [0.4, 0.5) is 0 Å². The minimum atomic E-state index is 0.233. The Balaban J connectivity index is 2.13. The zero-order valence-corrected chi connectivity index (χ0v) is 15.0. The Morgan fingerprint density at radius 1 is 1.26 bits per heavy atom. The van der Waals surface area contributed by atoms with Gasteiger partial charge >= 0.3 is 0 Å². The van der Waals surface area contributed by atoms with E-state index in [2.05, 4.69) is 23.9 Å². The highest BCUT2D eigenvalue weighted by Crippen LogP contribution is 2.17. The maximum atomic E-state index is 12.4. The van der Waals surface area contributed by atoms with E-state index in [1.54, 1.807) is 0 Å². The highest BCUT2D eigenvalue weighted by molar-refractivity contribution is 5.76. The Morgan fingerprint density at radius 2 is 2.00 bits per heavy atom. The van der Waals surface area contributed by atoms with Gasteiger partial charge < -0.3 is 4.90 Å². The SMILES string of the molecule is CCCCN(CC)C(=O)CCc1c(C)nc2cc(C)nn2c1C. The van der Waals surface area contributed by atoms with Gasteiger partial charge in [-0.15, -0.1) is 0 Å². The number of hydrogen-bond donors (Lipinski definition) is 0. The van der Waals surface area contributed by atoms with Crippen LogP contribution in [-0.2, 0) is 11.2 Å². The number of rotatable bonds is 7. The Morgan fingerprint density at radius 3 is 2.65 bits per heavy atom. The zero-order chi connectivity index (χ0) is 17.0. The molecule has 0 N–H and O–H groups in total. The molecule has 0 aromatic carbocycles. The van der Waals surface area contributed by atoms with Crippen LogP contribution in [0.3, 0.4) is 0 Å². The van der Waals surface area contributed by atoms with Crippen LogP contribution in [0.25, 0.3) is 5.65 Å².